The van der Waals surface area contributed by atoms with E-state index in [1.54, 1.807) is 7.11 Å². The zero-order valence-corrected chi connectivity index (χ0v) is 14.0. The van der Waals surface area contributed by atoms with Gasteiger partial charge in [-0.1, -0.05) is 18.2 Å². The van der Waals surface area contributed by atoms with Crippen LogP contribution in [0.25, 0.3) is 10.9 Å². The molecule has 4 rings (SSSR count). The average Bonchev–Trinajstić information content (AvgIpc) is 3.17. The molecule has 0 saturated heterocycles. The normalized spacial score (nSPS) is 15.8. The summed E-state index contributed by atoms with van der Waals surface area (Å²) in [4.78, 5) is 15.6. The zero-order valence-electron chi connectivity index (χ0n) is 14.0. The topological polar surface area (TPSA) is 63.3 Å². The largest absolute Gasteiger partial charge is 0.497 e. The molecule has 0 bridgehead atoms. The van der Waals surface area contributed by atoms with Crippen molar-refractivity contribution in [3.05, 3.63) is 59.8 Å². The molecule has 0 saturated carbocycles. The van der Waals surface area contributed by atoms with Gasteiger partial charge in [0.25, 0.3) is 5.91 Å². The Morgan fingerprint density at radius 1 is 1.16 bits per heavy atom. The molecular formula is C20H20N2O3. The monoisotopic (exact) mass is 336 g/mol. The summed E-state index contributed by atoms with van der Waals surface area (Å²) in [5.74, 6) is 1.45. The molecule has 0 aliphatic heterocycles. The number of carbonyl (C=O) groups is 1. The first-order chi connectivity index (χ1) is 12.2. The van der Waals surface area contributed by atoms with Gasteiger partial charge in [-0.3, -0.25) is 4.79 Å². The summed E-state index contributed by atoms with van der Waals surface area (Å²) in [5, 5.41) is 4.23. The number of methoxy groups -OCH3 is 1. The van der Waals surface area contributed by atoms with Crippen molar-refractivity contribution < 1.29 is 14.3 Å². The lowest BCUT2D eigenvalue weighted by molar-refractivity contribution is -0.123. The molecule has 128 valence electrons. The quantitative estimate of drug-likeness (QED) is 0.753. The van der Waals surface area contributed by atoms with Crippen molar-refractivity contribution in [2.24, 2.45) is 0 Å². The minimum absolute atomic E-state index is 0.0308. The van der Waals surface area contributed by atoms with Gasteiger partial charge in [0.05, 0.1) is 7.11 Å². The molecule has 3 aromatic rings. The molecule has 1 amide bonds. The van der Waals surface area contributed by atoms with Crippen LogP contribution < -0.4 is 14.8 Å². The fourth-order valence-corrected chi connectivity index (χ4v) is 3.42. The molecule has 2 N–H and O–H groups in total. The van der Waals surface area contributed by atoms with Gasteiger partial charge in [0.2, 0.25) is 0 Å². The first kappa shape index (κ1) is 15.6. The van der Waals surface area contributed by atoms with Gasteiger partial charge >= 0.3 is 0 Å². The van der Waals surface area contributed by atoms with Crippen LogP contribution in [-0.4, -0.2) is 30.6 Å². The van der Waals surface area contributed by atoms with E-state index in [0.29, 0.717) is 5.75 Å². The third-order valence-electron chi connectivity index (χ3n) is 4.58. The molecule has 5 heteroatoms. The van der Waals surface area contributed by atoms with Gasteiger partial charge in [-0.2, -0.15) is 0 Å². The number of aromatic nitrogens is 1. The second-order valence-electron chi connectivity index (χ2n) is 6.27. The van der Waals surface area contributed by atoms with E-state index in [4.69, 9.17) is 9.47 Å². The van der Waals surface area contributed by atoms with Crippen molar-refractivity contribution in [1.29, 1.82) is 0 Å². The second-order valence-corrected chi connectivity index (χ2v) is 6.27. The Morgan fingerprint density at radius 2 is 2.00 bits per heavy atom. The summed E-state index contributed by atoms with van der Waals surface area (Å²) in [6, 6.07) is 15.5. The van der Waals surface area contributed by atoms with Crippen LogP contribution in [0.1, 0.15) is 11.3 Å². The van der Waals surface area contributed by atoms with Crippen LogP contribution in [0.3, 0.4) is 0 Å². The smallest absolute Gasteiger partial charge is 0.258 e. The number of para-hydroxylation sites is 1. The van der Waals surface area contributed by atoms with E-state index in [2.05, 4.69) is 10.3 Å². The molecule has 25 heavy (non-hydrogen) atoms. The Balaban J connectivity index is 1.39. The van der Waals surface area contributed by atoms with Crippen LogP contribution in [0.5, 0.6) is 11.5 Å². The van der Waals surface area contributed by atoms with Gasteiger partial charge in [-0.25, -0.2) is 0 Å². The summed E-state index contributed by atoms with van der Waals surface area (Å²) >= 11 is 0. The van der Waals surface area contributed by atoms with Crippen LogP contribution >= 0.6 is 0 Å². The van der Waals surface area contributed by atoms with Crippen molar-refractivity contribution in [3.63, 3.8) is 0 Å². The minimum atomic E-state index is -0.0964. The van der Waals surface area contributed by atoms with E-state index in [1.165, 1.54) is 16.6 Å². The third kappa shape index (κ3) is 3.18. The highest BCUT2D eigenvalue weighted by Crippen LogP contribution is 2.32. The summed E-state index contributed by atoms with van der Waals surface area (Å²) in [6.07, 6.45) is 1.63. The number of ether oxygens (including phenoxy) is 2. The van der Waals surface area contributed by atoms with Gasteiger partial charge in [0.1, 0.15) is 11.5 Å². The summed E-state index contributed by atoms with van der Waals surface area (Å²) in [7, 11) is 1.67. The van der Waals surface area contributed by atoms with Crippen LogP contribution in [0.15, 0.2) is 48.5 Å². The van der Waals surface area contributed by atoms with Crippen LogP contribution in [0.4, 0.5) is 0 Å². The molecule has 1 aromatic heterocycles. The first-order valence-corrected chi connectivity index (χ1v) is 8.37. The number of carbonyl (C=O) groups excluding carboxylic acids is 1. The highest BCUT2D eigenvalue weighted by Gasteiger charge is 2.26. The average molecular weight is 336 g/mol. The Bertz CT molecular complexity index is 902. The van der Waals surface area contributed by atoms with E-state index in [0.717, 1.165) is 24.1 Å². The Hall–Kier alpha value is -2.95. The molecule has 5 nitrogen and oxygen atoms in total. The number of nitrogens with one attached hydrogen (secondary N) is 2. The molecule has 1 aliphatic rings. The number of rotatable bonds is 5. The lowest BCUT2D eigenvalue weighted by Gasteiger charge is -2.13. The highest BCUT2D eigenvalue weighted by molar-refractivity contribution is 5.87. The first-order valence-electron chi connectivity index (χ1n) is 8.37. The number of fused-ring (bicyclic) bond motifs is 3. The maximum absolute atomic E-state index is 12.1. The van der Waals surface area contributed by atoms with E-state index in [-0.39, 0.29) is 18.6 Å². The fraction of sp³-hybridized carbons (Fsp3) is 0.250. The highest BCUT2D eigenvalue weighted by atomic mass is 16.5. The van der Waals surface area contributed by atoms with Crippen molar-refractivity contribution >= 4 is 16.8 Å². The Labute approximate surface area is 146 Å². The van der Waals surface area contributed by atoms with Crippen molar-refractivity contribution in [1.82, 2.24) is 10.3 Å². The SMILES string of the molecule is COc1ccc2[nH]c3c(c2c1)CC(NC(=O)COc1ccccc1)C3. The summed E-state index contributed by atoms with van der Waals surface area (Å²) in [6.45, 7) is 0.0308. The van der Waals surface area contributed by atoms with Crippen LogP contribution in [0.2, 0.25) is 0 Å². The van der Waals surface area contributed by atoms with Crippen molar-refractivity contribution in [3.8, 4) is 11.5 Å². The number of benzene rings is 2. The predicted molar refractivity (Wildman–Crippen MR) is 96.1 cm³/mol. The minimum Gasteiger partial charge on any atom is -0.497 e. The van der Waals surface area contributed by atoms with Gasteiger partial charge in [0, 0.05) is 29.1 Å². The van der Waals surface area contributed by atoms with Gasteiger partial charge in [0.15, 0.2) is 6.61 Å². The van der Waals surface area contributed by atoms with Gasteiger partial charge < -0.3 is 19.8 Å². The number of aromatic amines is 1. The predicted octanol–water partition coefficient (Wildman–Crippen LogP) is 2.84. The number of amides is 1. The van der Waals surface area contributed by atoms with E-state index in [9.17, 15) is 4.79 Å². The van der Waals surface area contributed by atoms with Gasteiger partial charge in [-0.15, -0.1) is 0 Å². The fourth-order valence-electron chi connectivity index (χ4n) is 3.42. The maximum Gasteiger partial charge on any atom is 0.258 e. The summed E-state index contributed by atoms with van der Waals surface area (Å²) < 4.78 is 10.8. The maximum atomic E-state index is 12.1. The molecule has 0 spiro atoms. The van der Waals surface area contributed by atoms with Crippen LogP contribution in [-0.2, 0) is 17.6 Å². The number of H-pyrrole nitrogens is 1. The van der Waals surface area contributed by atoms with Crippen LogP contribution in [0, 0.1) is 0 Å². The van der Waals surface area contributed by atoms with Crippen molar-refractivity contribution in [2.75, 3.05) is 13.7 Å². The molecule has 1 atom stereocenters. The molecule has 2 aromatic carbocycles. The van der Waals surface area contributed by atoms with E-state index in [1.807, 2.05) is 48.5 Å². The molecule has 1 unspecified atom stereocenters. The molecule has 1 heterocycles. The lowest BCUT2D eigenvalue weighted by Crippen LogP contribution is -2.38. The molecule has 1 aliphatic carbocycles. The van der Waals surface area contributed by atoms with Gasteiger partial charge in [-0.05, 0) is 42.3 Å². The second kappa shape index (κ2) is 6.51. The molecule has 0 fully saturated rings. The van der Waals surface area contributed by atoms with E-state index < -0.39 is 0 Å². The zero-order chi connectivity index (χ0) is 17.2. The summed E-state index contributed by atoms with van der Waals surface area (Å²) in [5.41, 5.74) is 3.57. The van der Waals surface area contributed by atoms with E-state index >= 15 is 0 Å². The standard InChI is InChI=1S/C20H20N2O3/c1-24-15-7-8-18-17(11-15)16-9-13(10-19(16)22-18)21-20(23)12-25-14-5-3-2-4-6-14/h2-8,11,13,22H,9-10,12H2,1H3,(H,21,23). The number of hydrogen-bond acceptors (Lipinski definition) is 3. The molecular weight excluding hydrogens is 316 g/mol. The lowest BCUT2D eigenvalue weighted by atomic mass is 10.1. The Morgan fingerprint density at radius 3 is 2.80 bits per heavy atom. The molecule has 0 radical (unpaired) electrons. The Kier molecular flexibility index (Phi) is 4.06. The van der Waals surface area contributed by atoms with Crippen molar-refractivity contribution in [2.45, 2.75) is 18.9 Å². The third-order valence-corrected chi connectivity index (χ3v) is 4.58. The number of hydrogen-bond donors (Lipinski definition) is 2.